The van der Waals surface area contributed by atoms with Crippen molar-refractivity contribution < 1.29 is 9.18 Å². The van der Waals surface area contributed by atoms with Gasteiger partial charge in [-0.2, -0.15) is 0 Å². The number of carbonyl (C=O) groups is 1. The van der Waals surface area contributed by atoms with Gasteiger partial charge in [-0.25, -0.2) is 4.39 Å². The average molecular weight is 487 g/mol. The first kappa shape index (κ1) is 22.3. The highest BCUT2D eigenvalue weighted by Gasteiger charge is 2.18. The largest absolute Gasteiger partial charge is 0.323 e. The van der Waals surface area contributed by atoms with Gasteiger partial charge in [0.15, 0.2) is 11.0 Å². The van der Waals surface area contributed by atoms with Crippen LogP contribution >= 0.6 is 35.0 Å². The van der Waals surface area contributed by atoms with E-state index in [1.165, 1.54) is 23.9 Å². The van der Waals surface area contributed by atoms with E-state index < -0.39 is 0 Å². The fraction of sp³-hybridized carbons (Fsp3) is 0.0870. The molecule has 0 radical (unpaired) electrons. The maximum atomic E-state index is 13.5. The standard InChI is InChI=1S/C23H17Cl2FN4OS/c1-14-7-12-18(24)21(20(14)25)27-19(31)13-32-23-29-28-22(15-5-3-2-4-6-15)30(23)17-10-8-16(26)9-11-17/h2-12H,13H2,1H3,(H,27,31). The number of rotatable bonds is 6. The third-order valence-electron chi connectivity index (χ3n) is 4.63. The predicted octanol–water partition coefficient (Wildman–Crippen LogP) is 6.42. The van der Waals surface area contributed by atoms with Crippen molar-refractivity contribution in [1.82, 2.24) is 14.8 Å². The SMILES string of the molecule is Cc1ccc(Cl)c(NC(=O)CSc2nnc(-c3ccccc3)n2-c2ccc(F)cc2)c1Cl. The van der Waals surface area contributed by atoms with Crippen molar-refractivity contribution in [3.05, 3.63) is 88.2 Å². The first-order chi connectivity index (χ1) is 15.4. The Kier molecular flexibility index (Phi) is 6.79. The van der Waals surface area contributed by atoms with Crippen LogP contribution in [0.4, 0.5) is 10.1 Å². The minimum absolute atomic E-state index is 0.0503. The zero-order valence-corrected chi connectivity index (χ0v) is 19.2. The van der Waals surface area contributed by atoms with E-state index in [1.54, 1.807) is 28.8 Å². The number of carbonyl (C=O) groups excluding carboxylic acids is 1. The molecule has 0 bridgehead atoms. The Labute approximate surface area is 198 Å². The molecule has 0 saturated carbocycles. The first-order valence-electron chi connectivity index (χ1n) is 9.58. The van der Waals surface area contributed by atoms with Crippen molar-refractivity contribution in [2.45, 2.75) is 12.1 Å². The van der Waals surface area contributed by atoms with Gasteiger partial charge in [-0.3, -0.25) is 9.36 Å². The van der Waals surface area contributed by atoms with Crippen LogP contribution in [-0.2, 0) is 4.79 Å². The number of aromatic nitrogens is 3. The van der Waals surface area contributed by atoms with E-state index >= 15 is 0 Å². The molecule has 0 unspecified atom stereocenters. The lowest BCUT2D eigenvalue weighted by Crippen LogP contribution is -2.15. The minimum Gasteiger partial charge on any atom is -0.323 e. The molecule has 9 heteroatoms. The molecule has 0 saturated heterocycles. The Morgan fingerprint density at radius 2 is 1.75 bits per heavy atom. The average Bonchev–Trinajstić information content (AvgIpc) is 3.23. The molecule has 1 amide bonds. The lowest BCUT2D eigenvalue weighted by Gasteiger charge is -2.12. The van der Waals surface area contributed by atoms with Gasteiger partial charge in [-0.05, 0) is 42.8 Å². The molecule has 1 N–H and O–H groups in total. The second-order valence-electron chi connectivity index (χ2n) is 6.87. The van der Waals surface area contributed by atoms with Crippen LogP contribution < -0.4 is 5.32 Å². The highest BCUT2D eigenvalue weighted by Crippen LogP contribution is 2.33. The molecule has 3 aromatic carbocycles. The monoisotopic (exact) mass is 486 g/mol. The quantitative estimate of drug-likeness (QED) is 0.319. The maximum absolute atomic E-state index is 13.5. The van der Waals surface area contributed by atoms with Crippen LogP contribution in [0.3, 0.4) is 0 Å². The van der Waals surface area contributed by atoms with Crippen LogP contribution in [0.5, 0.6) is 0 Å². The number of hydrogen-bond acceptors (Lipinski definition) is 4. The van der Waals surface area contributed by atoms with Crippen LogP contribution in [0, 0.1) is 12.7 Å². The highest BCUT2D eigenvalue weighted by molar-refractivity contribution is 7.99. The molecule has 5 nitrogen and oxygen atoms in total. The second kappa shape index (κ2) is 9.73. The number of thioether (sulfide) groups is 1. The van der Waals surface area contributed by atoms with E-state index in [0.29, 0.717) is 32.4 Å². The van der Waals surface area contributed by atoms with Crippen LogP contribution in [0.2, 0.25) is 10.0 Å². The van der Waals surface area contributed by atoms with Gasteiger partial charge in [-0.15, -0.1) is 10.2 Å². The molecule has 0 aliphatic carbocycles. The molecule has 1 heterocycles. The van der Waals surface area contributed by atoms with Gasteiger partial charge in [0.05, 0.1) is 21.5 Å². The first-order valence-corrected chi connectivity index (χ1v) is 11.3. The van der Waals surface area contributed by atoms with Gasteiger partial charge in [0.2, 0.25) is 5.91 Å². The third-order valence-corrected chi connectivity index (χ3v) is 6.36. The summed E-state index contributed by atoms with van der Waals surface area (Å²) in [6.45, 7) is 1.83. The van der Waals surface area contributed by atoms with Gasteiger partial charge in [-0.1, -0.05) is 71.4 Å². The Morgan fingerprint density at radius 1 is 1.03 bits per heavy atom. The summed E-state index contributed by atoms with van der Waals surface area (Å²) in [6.07, 6.45) is 0. The normalized spacial score (nSPS) is 10.9. The van der Waals surface area contributed by atoms with Crippen molar-refractivity contribution in [3.8, 4) is 17.1 Å². The Balaban J connectivity index is 1.60. The number of amides is 1. The van der Waals surface area contributed by atoms with Crippen molar-refractivity contribution in [2.75, 3.05) is 11.1 Å². The van der Waals surface area contributed by atoms with Crippen molar-refractivity contribution in [1.29, 1.82) is 0 Å². The molecular weight excluding hydrogens is 470 g/mol. The number of aryl methyl sites for hydroxylation is 1. The summed E-state index contributed by atoms with van der Waals surface area (Å²) in [5.74, 6) is 0.00197. The topological polar surface area (TPSA) is 59.8 Å². The summed E-state index contributed by atoms with van der Waals surface area (Å²) in [4.78, 5) is 12.6. The molecule has 162 valence electrons. The van der Waals surface area contributed by atoms with Gasteiger partial charge < -0.3 is 5.32 Å². The lowest BCUT2D eigenvalue weighted by molar-refractivity contribution is -0.113. The summed E-state index contributed by atoms with van der Waals surface area (Å²) in [5, 5.41) is 12.6. The summed E-state index contributed by atoms with van der Waals surface area (Å²) >= 11 is 13.7. The molecule has 0 aliphatic heterocycles. The van der Waals surface area contributed by atoms with E-state index in [0.717, 1.165) is 11.1 Å². The van der Waals surface area contributed by atoms with Crippen molar-refractivity contribution in [2.24, 2.45) is 0 Å². The van der Waals surface area contributed by atoms with Crippen LogP contribution in [0.25, 0.3) is 17.1 Å². The second-order valence-corrected chi connectivity index (χ2v) is 8.60. The smallest absolute Gasteiger partial charge is 0.234 e. The Morgan fingerprint density at radius 3 is 2.47 bits per heavy atom. The van der Waals surface area contributed by atoms with Crippen molar-refractivity contribution >= 4 is 46.6 Å². The van der Waals surface area contributed by atoms with Crippen LogP contribution in [-0.4, -0.2) is 26.4 Å². The predicted molar refractivity (Wildman–Crippen MR) is 127 cm³/mol. The molecule has 0 aliphatic rings. The summed E-state index contributed by atoms with van der Waals surface area (Å²) < 4.78 is 15.3. The molecule has 4 aromatic rings. The maximum Gasteiger partial charge on any atom is 0.234 e. The number of hydrogen-bond donors (Lipinski definition) is 1. The fourth-order valence-corrected chi connectivity index (χ4v) is 4.25. The Bertz CT molecular complexity index is 1260. The summed E-state index contributed by atoms with van der Waals surface area (Å²) in [5.41, 5.74) is 2.72. The number of nitrogens with zero attached hydrogens (tertiary/aromatic N) is 3. The third kappa shape index (κ3) is 4.80. The number of nitrogens with one attached hydrogen (secondary N) is 1. The molecule has 1 aromatic heterocycles. The minimum atomic E-state index is -0.344. The van der Waals surface area contributed by atoms with E-state index in [-0.39, 0.29) is 17.5 Å². The Hall–Kier alpha value is -2.87. The lowest BCUT2D eigenvalue weighted by atomic mass is 10.2. The summed E-state index contributed by atoms with van der Waals surface area (Å²) in [6, 6.07) is 19.0. The zero-order valence-electron chi connectivity index (χ0n) is 16.8. The zero-order chi connectivity index (χ0) is 22.7. The number of anilines is 1. The van der Waals surface area contributed by atoms with E-state index in [9.17, 15) is 9.18 Å². The van der Waals surface area contributed by atoms with E-state index in [4.69, 9.17) is 23.2 Å². The van der Waals surface area contributed by atoms with Gasteiger partial charge in [0.1, 0.15) is 5.82 Å². The van der Waals surface area contributed by atoms with Crippen LogP contribution in [0.1, 0.15) is 5.56 Å². The highest BCUT2D eigenvalue weighted by atomic mass is 35.5. The molecule has 4 rings (SSSR count). The van der Waals surface area contributed by atoms with E-state index in [2.05, 4.69) is 15.5 Å². The van der Waals surface area contributed by atoms with Gasteiger partial charge in [0.25, 0.3) is 0 Å². The fourth-order valence-electron chi connectivity index (χ4n) is 3.04. The van der Waals surface area contributed by atoms with E-state index in [1.807, 2.05) is 37.3 Å². The molecule has 0 fully saturated rings. The molecule has 32 heavy (non-hydrogen) atoms. The van der Waals surface area contributed by atoms with Gasteiger partial charge >= 0.3 is 0 Å². The van der Waals surface area contributed by atoms with Crippen molar-refractivity contribution in [3.63, 3.8) is 0 Å². The molecular formula is C23H17Cl2FN4OS. The van der Waals surface area contributed by atoms with Gasteiger partial charge in [0, 0.05) is 11.3 Å². The van der Waals surface area contributed by atoms with Crippen LogP contribution in [0.15, 0.2) is 71.9 Å². The number of halogens is 3. The molecule has 0 spiro atoms. The number of benzene rings is 3. The molecule has 0 atom stereocenters. The summed E-state index contributed by atoms with van der Waals surface area (Å²) in [7, 11) is 0.